The molecule has 1 saturated heterocycles. The fraction of sp³-hybridized carbons (Fsp3) is 0.800. The molecule has 1 fully saturated rings. The third-order valence-corrected chi connectivity index (χ3v) is 3.54. The van der Waals surface area contributed by atoms with Gasteiger partial charge >= 0.3 is 0 Å². The predicted octanol–water partition coefficient (Wildman–Crippen LogP) is 1.36. The Morgan fingerprint density at radius 1 is 1.53 bits per heavy atom. The molecule has 0 spiro atoms. The summed E-state index contributed by atoms with van der Waals surface area (Å²) in [6.07, 6.45) is 4.84. The van der Waals surface area contributed by atoms with E-state index in [2.05, 4.69) is 22.4 Å². The minimum Gasteiger partial charge on any atom is -0.410 e. The first-order valence-electron chi connectivity index (χ1n) is 5.69. The zero-order chi connectivity index (χ0) is 10.5. The molecule has 4 nitrogen and oxygen atoms in total. The van der Waals surface area contributed by atoms with Crippen molar-refractivity contribution in [2.24, 2.45) is 0 Å². The molecule has 15 heavy (non-hydrogen) atoms. The minimum atomic E-state index is 0.415. The molecule has 5 heteroatoms. The Balaban J connectivity index is 1.86. The van der Waals surface area contributed by atoms with E-state index in [4.69, 9.17) is 4.42 Å². The van der Waals surface area contributed by atoms with Gasteiger partial charge in [0.15, 0.2) is 6.04 Å². The van der Waals surface area contributed by atoms with E-state index >= 15 is 0 Å². The first-order valence-corrected chi connectivity index (χ1v) is 6.68. The molecule has 0 radical (unpaired) electrons. The van der Waals surface area contributed by atoms with Crippen molar-refractivity contribution in [2.75, 3.05) is 12.3 Å². The summed E-state index contributed by atoms with van der Waals surface area (Å²) in [5.41, 5.74) is 0. The van der Waals surface area contributed by atoms with E-state index in [0.29, 0.717) is 6.04 Å². The maximum Gasteiger partial charge on any atom is 0.276 e. The molecule has 0 saturated carbocycles. The van der Waals surface area contributed by atoms with Gasteiger partial charge in [0, 0.05) is 18.6 Å². The fourth-order valence-electron chi connectivity index (χ4n) is 1.73. The van der Waals surface area contributed by atoms with Crippen molar-refractivity contribution in [1.29, 1.82) is 0 Å². The van der Waals surface area contributed by atoms with Gasteiger partial charge in [-0.2, -0.15) is 0 Å². The van der Waals surface area contributed by atoms with Crippen LogP contribution in [0.2, 0.25) is 0 Å². The van der Waals surface area contributed by atoms with E-state index in [1.165, 1.54) is 32.2 Å². The molecule has 0 aromatic carbocycles. The summed E-state index contributed by atoms with van der Waals surface area (Å²) in [6.45, 7) is 3.37. The summed E-state index contributed by atoms with van der Waals surface area (Å²) in [5, 5.41) is 11.2. The number of rotatable bonds is 5. The average molecular weight is 228 g/mol. The van der Waals surface area contributed by atoms with Gasteiger partial charge in [-0.15, -0.1) is 10.2 Å². The molecule has 0 unspecified atom stereocenters. The first-order chi connectivity index (χ1) is 7.40. The van der Waals surface area contributed by atoms with Gasteiger partial charge in [-0.3, -0.25) is 0 Å². The van der Waals surface area contributed by atoms with Gasteiger partial charge in [-0.05, 0) is 6.42 Å². The summed E-state index contributed by atoms with van der Waals surface area (Å²) in [7, 11) is 0. The average Bonchev–Trinajstić information content (AvgIpc) is 2.87. The van der Waals surface area contributed by atoms with Crippen molar-refractivity contribution in [2.45, 2.75) is 43.9 Å². The van der Waals surface area contributed by atoms with Gasteiger partial charge in [0.1, 0.15) is 0 Å². The van der Waals surface area contributed by atoms with Crippen LogP contribution in [0.1, 0.15) is 44.5 Å². The Hall–Kier alpha value is -0.550. The van der Waals surface area contributed by atoms with E-state index in [-0.39, 0.29) is 0 Å². The highest BCUT2D eigenvalue weighted by Gasteiger charge is 2.25. The van der Waals surface area contributed by atoms with Crippen LogP contribution in [0.15, 0.2) is 9.64 Å². The lowest BCUT2D eigenvalue weighted by molar-refractivity contribution is -0.678. The SMILES string of the molecule is CCCCSc1nnc([C@@H]2CCC[NH2+]2)o1. The standard InChI is InChI=1S/C10H17N3OS/c1-2-3-7-15-10-13-12-9(14-10)8-5-4-6-11-8/h8,11H,2-7H2,1H3/p+1/t8-/m0/s1. The van der Waals surface area contributed by atoms with E-state index < -0.39 is 0 Å². The third kappa shape index (κ3) is 2.95. The molecule has 1 aromatic rings. The Bertz CT molecular complexity index is 297. The van der Waals surface area contributed by atoms with Crippen molar-refractivity contribution < 1.29 is 9.73 Å². The van der Waals surface area contributed by atoms with Crippen LogP contribution in [-0.4, -0.2) is 22.5 Å². The summed E-state index contributed by atoms with van der Waals surface area (Å²) < 4.78 is 5.62. The lowest BCUT2D eigenvalue weighted by Gasteiger charge is -1.98. The molecular formula is C10H18N3OS+. The lowest BCUT2D eigenvalue weighted by Crippen LogP contribution is -2.81. The smallest absolute Gasteiger partial charge is 0.276 e. The van der Waals surface area contributed by atoms with Crippen molar-refractivity contribution in [3.05, 3.63) is 5.89 Å². The number of hydrogen-bond acceptors (Lipinski definition) is 4. The molecule has 1 aliphatic rings. The van der Waals surface area contributed by atoms with Crippen molar-refractivity contribution in [1.82, 2.24) is 10.2 Å². The maximum atomic E-state index is 5.62. The molecule has 1 aliphatic heterocycles. The van der Waals surface area contributed by atoms with Crippen LogP contribution in [0, 0.1) is 0 Å². The molecular weight excluding hydrogens is 210 g/mol. The molecule has 1 atom stereocenters. The van der Waals surface area contributed by atoms with Gasteiger partial charge in [0.25, 0.3) is 11.1 Å². The Labute approximate surface area is 94.2 Å². The van der Waals surface area contributed by atoms with Crippen molar-refractivity contribution in [3.63, 3.8) is 0 Å². The lowest BCUT2D eigenvalue weighted by atomic mass is 10.2. The molecule has 0 amide bonds. The van der Waals surface area contributed by atoms with E-state index in [1.807, 2.05) is 0 Å². The van der Waals surface area contributed by atoms with Crippen LogP contribution < -0.4 is 5.32 Å². The Kier molecular flexibility index (Phi) is 4.02. The van der Waals surface area contributed by atoms with Gasteiger partial charge in [0.05, 0.1) is 6.54 Å². The first kappa shape index (κ1) is 11.0. The highest BCUT2D eigenvalue weighted by Crippen LogP contribution is 2.22. The number of nitrogens with zero attached hydrogens (tertiary/aromatic N) is 2. The Morgan fingerprint density at radius 2 is 2.47 bits per heavy atom. The summed E-state index contributed by atoms with van der Waals surface area (Å²) in [5.74, 6) is 1.89. The van der Waals surface area contributed by atoms with E-state index in [1.54, 1.807) is 11.8 Å². The van der Waals surface area contributed by atoms with E-state index in [9.17, 15) is 0 Å². The number of nitrogens with two attached hydrogens (primary N) is 1. The number of aromatic nitrogens is 2. The second kappa shape index (κ2) is 5.51. The van der Waals surface area contributed by atoms with Gasteiger partial charge in [-0.1, -0.05) is 25.1 Å². The number of unbranched alkanes of at least 4 members (excludes halogenated alkanes) is 1. The van der Waals surface area contributed by atoms with Crippen LogP contribution >= 0.6 is 11.8 Å². The van der Waals surface area contributed by atoms with Crippen LogP contribution in [0.25, 0.3) is 0 Å². The second-order valence-electron chi connectivity index (χ2n) is 3.88. The van der Waals surface area contributed by atoms with E-state index in [0.717, 1.165) is 16.9 Å². The number of hydrogen-bond donors (Lipinski definition) is 1. The summed E-state index contributed by atoms with van der Waals surface area (Å²) >= 11 is 1.67. The highest BCUT2D eigenvalue weighted by molar-refractivity contribution is 7.99. The molecule has 84 valence electrons. The van der Waals surface area contributed by atoms with Gasteiger partial charge in [-0.25, -0.2) is 0 Å². The predicted molar refractivity (Wildman–Crippen MR) is 58.7 cm³/mol. The summed E-state index contributed by atoms with van der Waals surface area (Å²) in [4.78, 5) is 0. The Morgan fingerprint density at radius 3 is 3.20 bits per heavy atom. The van der Waals surface area contributed by atoms with Crippen molar-refractivity contribution in [3.8, 4) is 0 Å². The zero-order valence-corrected chi connectivity index (χ0v) is 9.92. The molecule has 2 heterocycles. The number of quaternary nitrogens is 1. The van der Waals surface area contributed by atoms with Gasteiger partial charge < -0.3 is 9.73 Å². The molecule has 0 bridgehead atoms. The van der Waals surface area contributed by atoms with Crippen LogP contribution in [0.5, 0.6) is 0 Å². The summed E-state index contributed by atoms with van der Waals surface area (Å²) in [6, 6.07) is 0.415. The zero-order valence-electron chi connectivity index (χ0n) is 9.11. The number of thioether (sulfide) groups is 1. The largest absolute Gasteiger partial charge is 0.410 e. The fourth-order valence-corrected chi connectivity index (χ4v) is 2.58. The topological polar surface area (TPSA) is 55.5 Å². The maximum absolute atomic E-state index is 5.62. The normalized spacial score (nSPS) is 21.0. The van der Waals surface area contributed by atoms with Crippen LogP contribution in [-0.2, 0) is 0 Å². The van der Waals surface area contributed by atoms with Crippen LogP contribution in [0.4, 0.5) is 0 Å². The molecule has 2 rings (SSSR count). The quantitative estimate of drug-likeness (QED) is 0.610. The van der Waals surface area contributed by atoms with Crippen LogP contribution in [0.3, 0.4) is 0 Å². The minimum absolute atomic E-state index is 0.415. The third-order valence-electron chi connectivity index (χ3n) is 2.63. The van der Waals surface area contributed by atoms with Gasteiger partial charge in [0.2, 0.25) is 0 Å². The molecule has 2 N–H and O–H groups in total. The molecule has 0 aliphatic carbocycles. The highest BCUT2D eigenvalue weighted by atomic mass is 32.2. The monoisotopic (exact) mass is 228 g/mol. The second-order valence-corrected chi connectivity index (χ2v) is 4.93. The van der Waals surface area contributed by atoms with Crippen molar-refractivity contribution >= 4 is 11.8 Å². The molecule has 1 aromatic heterocycles.